The van der Waals surface area contributed by atoms with Gasteiger partial charge in [-0.2, -0.15) is 0 Å². The van der Waals surface area contributed by atoms with Crippen molar-refractivity contribution < 1.29 is 24.3 Å². The molecule has 0 bridgehead atoms. The summed E-state index contributed by atoms with van der Waals surface area (Å²) in [5.74, 6) is 1.05. The van der Waals surface area contributed by atoms with Crippen LogP contribution in [0.2, 0.25) is 0 Å². The molecule has 2 N–H and O–H groups in total. The van der Waals surface area contributed by atoms with Gasteiger partial charge in [-0.3, -0.25) is 9.69 Å². The summed E-state index contributed by atoms with van der Waals surface area (Å²) in [5.41, 5.74) is 2.55. The van der Waals surface area contributed by atoms with E-state index < -0.39 is 5.97 Å². The molecule has 0 amide bonds. The fraction of sp³-hybridized carbons (Fsp3) is 0.450. The number of nitrogens with zero attached hydrogens (tertiary/aromatic N) is 2. The topological polar surface area (TPSA) is 104 Å². The third-order valence-electron chi connectivity index (χ3n) is 4.63. The molecular formula is C20H26N2O5. The fourth-order valence-electron chi connectivity index (χ4n) is 3.24. The van der Waals surface area contributed by atoms with Crippen molar-refractivity contribution in [3.8, 4) is 0 Å². The van der Waals surface area contributed by atoms with Crippen molar-refractivity contribution in [3.63, 3.8) is 0 Å². The summed E-state index contributed by atoms with van der Waals surface area (Å²) in [6.07, 6.45) is 2.15. The molecular weight excluding hydrogens is 348 g/mol. The van der Waals surface area contributed by atoms with Crippen LogP contribution in [-0.2, 0) is 17.8 Å². The average Bonchev–Trinajstić information content (AvgIpc) is 3.26. The number of aromatic carboxylic acids is 1. The summed E-state index contributed by atoms with van der Waals surface area (Å²) < 4.78 is 5.36. The summed E-state index contributed by atoms with van der Waals surface area (Å²) in [5, 5.41) is 20.0. The number of carboxylic acids is 1. The first-order chi connectivity index (χ1) is 12.9. The van der Waals surface area contributed by atoms with E-state index in [1.165, 1.54) is 5.56 Å². The third-order valence-corrected chi connectivity index (χ3v) is 4.63. The lowest BCUT2D eigenvalue weighted by Gasteiger charge is -2.14. The molecule has 1 saturated heterocycles. The Morgan fingerprint density at radius 1 is 1.37 bits per heavy atom. The number of carbonyl (C=O) groups is 2. The number of rotatable bonds is 6. The van der Waals surface area contributed by atoms with Crippen LogP contribution >= 0.6 is 0 Å². The van der Waals surface area contributed by atoms with Gasteiger partial charge < -0.3 is 14.7 Å². The van der Waals surface area contributed by atoms with Crippen molar-refractivity contribution in [2.45, 2.75) is 39.2 Å². The molecule has 2 heterocycles. The summed E-state index contributed by atoms with van der Waals surface area (Å²) in [6, 6.07) is 9.29. The molecule has 1 unspecified atom stereocenters. The first kappa shape index (κ1) is 20.6. The number of hydrogen-bond donors (Lipinski definition) is 2. The Labute approximate surface area is 158 Å². The van der Waals surface area contributed by atoms with E-state index in [0.717, 1.165) is 43.9 Å². The Morgan fingerprint density at radius 2 is 2.04 bits per heavy atom. The van der Waals surface area contributed by atoms with Gasteiger partial charge >= 0.3 is 5.97 Å². The van der Waals surface area contributed by atoms with Crippen molar-refractivity contribution in [2.75, 3.05) is 13.1 Å². The zero-order valence-corrected chi connectivity index (χ0v) is 15.7. The number of likely N-dealkylation sites (tertiary alicyclic amines) is 1. The minimum atomic E-state index is -0.873. The Hall–Kier alpha value is -2.67. The Kier molecular flexibility index (Phi) is 7.55. The summed E-state index contributed by atoms with van der Waals surface area (Å²) in [4.78, 5) is 21.7. The van der Waals surface area contributed by atoms with Gasteiger partial charge in [0.05, 0.1) is 11.3 Å². The van der Waals surface area contributed by atoms with E-state index in [1.54, 1.807) is 12.1 Å². The van der Waals surface area contributed by atoms with Crippen molar-refractivity contribution >= 4 is 12.4 Å². The number of hydrogen-bond acceptors (Lipinski definition) is 5. The molecule has 3 rings (SSSR count). The molecule has 2 aromatic rings. The van der Waals surface area contributed by atoms with Gasteiger partial charge in [0.2, 0.25) is 0 Å². The second-order valence-electron chi connectivity index (χ2n) is 7.08. The number of aromatic nitrogens is 1. The molecule has 0 aliphatic carbocycles. The lowest BCUT2D eigenvalue weighted by Crippen LogP contribution is -2.20. The molecule has 27 heavy (non-hydrogen) atoms. The van der Waals surface area contributed by atoms with Gasteiger partial charge in [0.25, 0.3) is 6.47 Å². The van der Waals surface area contributed by atoms with E-state index in [9.17, 15) is 4.79 Å². The third kappa shape index (κ3) is 6.21. The molecule has 1 fully saturated rings. The summed E-state index contributed by atoms with van der Waals surface area (Å²) >= 11 is 0. The predicted octanol–water partition coefficient (Wildman–Crippen LogP) is 3.26. The van der Waals surface area contributed by atoms with Crippen molar-refractivity contribution in [3.05, 3.63) is 52.9 Å². The molecule has 1 aliphatic rings. The van der Waals surface area contributed by atoms with Gasteiger partial charge in [-0.1, -0.05) is 31.1 Å². The van der Waals surface area contributed by atoms with E-state index in [4.69, 9.17) is 19.5 Å². The van der Waals surface area contributed by atoms with E-state index >= 15 is 0 Å². The van der Waals surface area contributed by atoms with Crippen LogP contribution in [0.4, 0.5) is 0 Å². The van der Waals surface area contributed by atoms with E-state index in [-0.39, 0.29) is 6.47 Å². The minimum Gasteiger partial charge on any atom is -0.483 e. The quantitative estimate of drug-likeness (QED) is 0.748. The highest BCUT2D eigenvalue weighted by molar-refractivity contribution is 5.87. The van der Waals surface area contributed by atoms with Crippen LogP contribution in [0.25, 0.3) is 0 Å². The van der Waals surface area contributed by atoms with Crippen molar-refractivity contribution in [1.82, 2.24) is 10.1 Å². The maximum Gasteiger partial charge on any atom is 0.335 e. The standard InChI is InChI=1S/C19H24N2O3.CH2O2/c1-13(2)18-10-17(20-24-18)12-21-8-7-15(11-21)9-14-3-5-16(6-4-14)19(22)23;2-1-3/h3-6,10,13,15H,7-9,11-12H2,1-2H3,(H,22,23);1H,(H,2,3). The molecule has 1 aromatic carbocycles. The van der Waals surface area contributed by atoms with Crippen molar-refractivity contribution in [1.29, 1.82) is 0 Å². The largest absolute Gasteiger partial charge is 0.483 e. The normalized spacial score (nSPS) is 16.8. The zero-order chi connectivity index (χ0) is 19.8. The Bertz CT molecular complexity index is 739. The SMILES string of the molecule is CC(C)c1cc(CN2CCC(Cc3ccc(C(=O)O)cc3)C2)no1.O=CO. The maximum atomic E-state index is 10.9. The first-order valence-electron chi connectivity index (χ1n) is 9.00. The monoisotopic (exact) mass is 374 g/mol. The second kappa shape index (κ2) is 9.87. The number of benzene rings is 1. The molecule has 1 aromatic heterocycles. The van der Waals surface area contributed by atoms with Crippen LogP contribution in [0.5, 0.6) is 0 Å². The Morgan fingerprint density at radius 3 is 2.59 bits per heavy atom. The number of carboxylic acid groups (broad SMARTS) is 2. The maximum absolute atomic E-state index is 10.9. The summed E-state index contributed by atoms with van der Waals surface area (Å²) in [6.45, 7) is 6.91. The van der Waals surface area contributed by atoms with Crippen LogP contribution in [0.15, 0.2) is 34.9 Å². The molecule has 0 spiro atoms. The van der Waals surface area contributed by atoms with Crippen LogP contribution in [0.3, 0.4) is 0 Å². The van der Waals surface area contributed by atoms with Gasteiger partial charge in [0.1, 0.15) is 5.76 Å². The molecule has 146 valence electrons. The van der Waals surface area contributed by atoms with Crippen LogP contribution in [0.1, 0.15) is 53.6 Å². The second-order valence-corrected chi connectivity index (χ2v) is 7.08. The lowest BCUT2D eigenvalue weighted by atomic mass is 9.98. The molecule has 0 radical (unpaired) electrons. The zero-order valence-electron chi connectivity index (χ0n) is 15.7. The predicted molar refractivity (Wildman–Crippen MR) is 99.8 cm³/mol. The molecule has 1 aliphatic heterocycles. The molecule has 0 saturated carbocycles. The van der Waals surface area contributed by atoms with E-state index in [2.05, 4.69) is 30.0 Å². The van der Waals surface area contributed by atoms with Gasteiger partial charge in [-0.05, 0) is 43.0 Å². The molecule has 7 heteroatoms. The van der Waals surface area contributed by atoms with E-state index in [0.29, 0.717) is 17.4 Å². The molecule has 7 nitrogen and oxygen atoms in total. The highest BCUT2D eigenvalue weighted by Crippen LogP contribution is 2.23. The Balaban J connectivity index is 0.000000817. The van der Waals surface area contributed by atoms with E-state index in [1.807, 2.05) is 12.1 Å². The summed E-state index contributed by atoms with van der Waals surface area (Å²) in [7, 11) is 0. The highest BCUT2D eigenvalue weighted by Gasteiger charge is 2.23. The van der Waals surface area contributed by atoms with Crippen LogP contribution in [0, 0.1) is 5.92 Å². The van der Waals surface area contributed by atoms with Crippen LogP contribution in [-0.4, -0.2) is 45.8 Å². The van der Waals surface area contributed by atoms with Gasteiger partial charge in [-0.25, -0.2) is 4.79 Å². The van der Waals surface area contributed by atoms with Gasteiger partial charge in [-0.15, -0.1) is 0 Å². The fourth-order valence-corrected chi connectivity index (χ4v) is 3.24. The van der Waals surface area contributed by atoms with Gasteiger partial charge in [0, 0.05) is 25.1 Å². The first-order valence-corrected chi connectivity index (χ1v) is 9.00. The van der Waals surface area contributed by atoms with Gasteiger partial charge in [0.15, 0.2) is 0 Å². The minimum absolute atomic E-state index is 0.250. The van der Waals surface area contributed by atoms with Crippen LogP contribution < -0.4 is 0 Å². The smallest absolute Gasteiger partial charge is 0.335 e. The lowest BCUT2D eigenvalue weighted by molar-refractivity contribution is -0.122. The molecule has 1 atom stereocenters. The average molecular weight is 374 g/mol. The van der Waals surface area contributed by atoms with Crippen molar-refractivity contribution in [2.24, 2.45) is 5.92 Å². The highest BCUT2D eigenvalue weighted by atomic mass is 16.5.